The van der Waals surface area contributed by atoms with Gasteiger partial charge in [0.2, 0.25) is 0 Å². The molecule has 2 aromatic rings. The second-order valence-corrected chi connectivity index (χ2v) is 4.79. The zero-order valence-corrected chi connectivity index (χ0v) is 12.4. The first-order chi connectivity index (χ1) is 10.6. The van der Waals surface area contributed by atoms with Crippen LogP contribution in [0.5, 0.6) is 0 Å². The van der Waals surface area contributed by atoms with Gasteiger partial charge < -0.3 is 10.4 Å². The fourth-order valence-corrected chi connectivity index (χ4v) is 1.71. The van der Waals surface area contributed by atoms with Gasteiger partial charge in [-0.15, -0.1) is 5.11 Å². The maximum Gasteiger partial charge on any atom is 0.279 e. The van der Waals surface area contributed by atoms with Gasteiger partial charge in [0.1, 0.15) is 5.76 Å². The number of aliphatic hydroxyl groups excluding tert-OH is 1. The van der Waals surface area contributed by atoms with Crippen molar-refractivity contribution in [1.82, 2.24) is 0 Å². The van der Waals surface area contributed by atoms with E-state index < -0.39 is 5.91 Å². The highest BCUT2D eigenvalue weighted by Gasteiger charge is 2.13. The highest BCUT2D eigenvalue weighted by atomic mass is 16.3. The Bertz CT molecular complexity index is 700. The van der Waals surface area contributed by atoms with Crippen molar-refractivity contribution < 1.29 is 9.90 Å². The van der Waals surface area contributed by atoms with Crippen LogP contribution in [-0.2, 0) is 4.79 Å². The van der Waals surface area contributed by atoms with Crippen LogP contribution in [0.2, 0.25) is 0 Å². The van der Waals surface area contributed by atoms with Gasteiger partial charge in [-0.2, -0.15) is 5.11 Å². The Hall–Kier alpha value is -2.95. The Balaban J connectivity index is 2.15. The summed E-state index contributed by atoms with van der Waals surface area (Å²) in [6.07, 6.45) is 0. The molecule has 0 radical (unpaired) electrons. The number of carbonyl (C=O) groups is 1. The van der Waals surface area contributed by atoms with E-state index in [2.05, 4.69) is 15.5 Å². The molecule has 5 heteroatoms. The Morgan fingerprint density at radius 3 is 2.27 bits per heavy atom. The van der Waals surface area contributed by atoms with Crippen molar-refractivity contribution in [3.63, 3.8) is 0 Å². The zero-order chi connectivity index (χ0) is 15.9. The molecule has 5 nitrogen and oxygen atoms in total. The summed E-state index contributed by atoms with van der Waals surface area (Å²) in [5.41, 5.74) is 2.22. The van der Waals surface area contributed by atoms with E-state index >= 15 is 0 Å². The van der Waals surface area contributed by atoms with Crippen LogP contribution in [0.1, 0.15) is 12.5 Å². The highest BCUT2D eigenvalue weighted by Crippen LogP contribution is 2.17. The minimum Gasteiger partial charge on any atom is -0.510 e. The van der Waals surface area contributed by atoms with Crippen LogP contribution in [0.15, 0.2) is 76.3 Å². The van der Waals surface area contributed by atoms with Crippen LogP contribution in [0.4, 0.5) is 11.4 Å². The number of aliphatic hydroxyl groups is 1. The third-order valence-electron chi connectivity index (χ3n) is 2.89. The fraction of sp³-hybridized carbons (Fsp3) is 0.118. The molecule has 0 atom stereocenters. The fourth-order valence-electron chi connectivity index (χ4n) is 1.71. The zero-order valence-electron chi connectivity index (χ0n) is 12.4. The molecule has 2 aromatic carbocycles. The van der Waals surface area contributed by atoms with E-state index in [-0.39, 0.29) is 11.5 Å². The van der Waals surface area contributed by atoms with E-state index in [1.807, 2.05) is 25.1 Å². The third-order valence-corrected chi connectivity index (χ3v) is 2.89. The van der Waals surface area contributed by atoms with Gasteiger partial charge in [-0.25, -0.2) is 0 Å². The number of nitrogens with zero attached hydrogens (tertiary/aromatic N) is 2. The number of para-hydroxylation sites is 1. The van der Waals surface area contributed by atoms with Crippen LogP contribution in [0, 0.1) is 6.92 Å². The smallest absolute Gasteiger partial charge is 0.279 e. The Kier molecular flexibility index (Phi) is 5.03. The van der Waals surface area contributed by atoms with E-state index in [0.717, 1.165) is 5.56 Å². The molecule has 0 saturated heterocycles. The molecule has 0 heterocycles. The summed E-state index contributed by atoms with van der Waals surface area (Å²) in [6.45, 7) is 3.37. The monoisotopic (exact) mass is 295 g/mol. The second-order valence-electron chi connectivity index (χ2n) is 4.79. The molecule has 0 unspecified atom stereocenters. The Labute approximate surface area is 129 Å². The maximum absolute atomic E-state index is 12.1. The summed E-state index contributed by atoms with van der Waals surface area (Å²) in [6, 6.07) is 16.3. The van der Waals surface area contributed by atoms with Gasteiger partial charge >= 0.3 is 0 Å². The number of nitrogens with one attached hydrogen (secondary N) is 1. The predicted molar refractivity (Wildman–Crippen MR) is 86.1 cm³/mol. The first-order valence-corrected chi connectivity index (χ1v) is 6.81. The number of amides is 1. The lowest BCUT2D eigenvalue weighted by Gasteiger charge is -2.05. The van der Waals surface area contributed by atoms with Crippen molar-refractivity contribution >= 4 is 17.3 Å². The van der Waals surface area contributed by atoms with Gasteiger partial charge in [0.15, 0.2) is 5.70 Å². The van der Waals surface area contributed by atoms with Crippen molar-refractivity contribution in [2.45, 2.75) is 13.8 Å². The van der Waals surface area contributed by atoms with Gasteiger partial charge in [0.05, 0.1) is 5.69 Å². The van der Waals surface area contributed by atoms with Crippen LogP contribution in [0.25, 0.3) is 0 Å². The van der Waals surface area contributed by atoms with E-state index in [0.29, 0.717) is 11.4 Å². The van der Waals surface area contributed by atoms with E-state index in [4.69, 9.17) is 0 Å². The van der Waals surface area contributed by atoms with Crippen molar-refractivity contribution in [3.05, 3.63) is 71.6 Å². The van der Waals surface area contributed by atoms with Gasteiger partial charge in [-0.3, -0.25) is 4.79 Å². The largest absolute Gasteiger partial charge is 0.510 e. The van der Waals surface area contributed by atoms with Gasteiger partial charge in [-0.05, 0) is 38.1 Å². The highest BCUT2D eigenvalue weighted by molar-refractivity contribution is 6.03. The number of aryl methyl sites for hydroxylation is 1. The van der Waals surface area contributed by atoms with Crippen molar-refractivity contribution in [3.8, 4) is 0 Å². The van der Waals surface area contributed by atoms with E-state index in [1.165, 1.54) is 6.92 Å². The molecule has 1 amide bonds. The molecule has 2 rings (SSSR count). The predicted octanol–water partition coefficient (Wildman–Crippen LogP) is 4.51. The summed E-state index contributed by atoms with van der Waals surface area (Å²) < 4.78 is 0. The van der Waals surface area contributed by atoms with Crippen molar-refractivity contribution in [1.29, 1.82) is 0 Å². The summed E-state index contributed by atoms with van der Waals surface area (Å²) >= 11 is 0. The second kappa shape index (κ2) is 7.17. The minimum absolute atomic E-state index is 0.121. The number of hydrogen-bond donors (Lipinski definition) is 2. The molecule has 0 spiro atoms. The van der Waals surface area contributed by atoms with E-state index in [1.54, 1.807) is 36.4 Å². The molecule has 0 aliphatic carbocycles. The summed E-state index contributed by atoms with van der Waals surface area (Å²) in [7, 11) is 0. The Morgan fingerprint density at radius 2 is 1.68 bits per heavy atom. The lowest BCUT2D eigenvalue weighted by molar-refractivity contribution is -0.113. The normalized spacial score (nSPS) is 12.1. The third kappa shape index (κ3) is 4.28. The molecule has 2 N–H and O–H groups in total. The SMILES string of the molecule is CC(O)=C(N=Nc1ccc(C)cc1)C(=O)Nc1ccccc1. The lowest BCUT2D eigenvalue weighted by atomic mass is 10.2. The lowest BCUT2D eigenvalue weighted by Crippen LogP contribution is -2.14. The van der Waals surface area contributed by atoms with Gasteiger partial charge in [0.25, 0.3) is 5.91 Å². The number of hydrogen-bond acceptors (Lipinski definition) is 4. The van der Waals surface area contributed by atoms with Crippen molar-refractivity contribution in [2.75, 3.05) is 5.32 Å². The average Bonchev–Trinajstić information content (AvgIpc) is 2.50. The van der Waals surface area contributed by atoms with Crippen LogP contribution in [0.3, 0.4) is 0 Å². The molecule has 0 aliphatic rings. The molecule has 0 aliphatic heterocycles. The van der Waals surface area contributed by atoms with E-state index in [9.17, 15) is 9.90 Å². The number of benzene rings is 2. The topological polar surface area (TPSA) is 74.0 Å². The average molecular weight is 295 g/mol. The number of azo groups is 1. The van der Waals surface area contributed by atoms with Crippen molar-refractivity contribution in [2.24, 2.45) is 10.2 Å². The Morgan fingerprint density at radius 1 is 1.05 bits per heavy atom. The molecule has 112 valence electrons. The molecule has 0 fully saturated rings. The summed E-state index contributed by atoms with van der Waals surface area (Å²) in [5, 5.41) is 20.1. The molecule has 0 aromatic heterocycles. The first-order valence-electron chi connectivity index (χ1n) is 6.81. The molecule has 0 bridgehead atoms. The van der Waals surface area contributed by atoms with Gasteiger partial charge in [0, 0.05) is 5.69 Å². The standard InChI is InChI=1S/C17H17N3O2/c1-12-8-10-15(11-9-12)19-20-16(13(2)21)17(22)18-14-6-4-3-5-7-14/h3-11,21H,1-2H3,(H,18,22). The quantitative estimate of drug-likeness (QED) is 0.495. The molecular weight excluding hydrogens is 278 g/mol. The maximum atomic E-state index is 12.1. The molecule has 0 saturated carbocycles. The summed E-state index contributed by atoms with van der Waals surface area (Å²) in [4.78, 5) is 12.1. The van der Waals surface area contributed by atoms with Crippen LogP contribution in [-0.4, -0.2) is 11.0 Å². The first kappa shape index (κ1) is 15.4. The summed E-state index contributed by atoms with van der Waals surface area (Å²) in [5.74, 6) is -0.702. The number of rotatable bonds is 4. The molecular formula is C17H17N3O2. The molecule has 22 heavy (non-hydrogen) atoms. The van der Waals surface area contributed by atoms with Crippen LogP contribution >= 0.6 is 0 Å². The van der Waals surface area contributed by atoms with Crippen LogP contribution < -0.4 is 5.32 Å². The number of allylic oxidation sites excluding steroid dienone is 1. The number of carbonyl (C=O) groups excluding carboxylic acids is 1. The number of anilines is 1. The van der Waals surface area contributed by atoms with Gasteiger partial charge in [-0.1, -0.05) is 35.9 Å². The minimum atomic E-state index is -0.512.